The summed E-state index contributed by atoms with van der Waals surface area (Å²) in [4.78, 5) is 0. The molecule has 0 aliphatic heterocycles. The van der Waals surface area contributed by atoms with Gasteiger partial charge in [-0.05, 0) is 59.4 Å². The van der Waals surface area contributed by atoms with Gasteiger partial charge in [0, 0.05) is 5.56 Å². The standard InChI is InChI=1S/C22H30ClFO2/c1-7-14(18(24)12-25)17-11-16-15(13(3)4)9-10-22(5,6)19(16)20(23)21(17)26-8-2/h9,11,13,25H,7-8,10,12H2,1-6H3/b18-14+. The van der Waals surface area contributed by atoms with Crippen molar-refractivity contribution in [3.63, 3.8) is 0 Å². The van der Waals surface area contributed by atoms with Crippen LogP contribution in [0.3, 0.4) is 0 Å². The quantitative estimate of drug-likeness (QED) is 0.606. The van der Waals surface area contributed by atoms with Gasteiger partial charge in [0.05, 0.1) is 18.2 Å². The van der Waals surface area contributed by atoms with Crippen molar-refractivity contribution in [2.24, 2.45) is 5.92 Å². The molecule has 2 rings (SSSR count). The van der Waals surface area contributed by atoms with Crippen molar-refractivity contribution < 1.29 is 14.2 Å². The molecule has 0 atom stereocenters. The van der Waals surface area contributed by atoms with Crippen LogP contribution in [-0.2, 0) is 5.41 Å². The highest BCUT2D eigenvalue weighted by Gasteiger charge is 2.34. The first-order valence-corrected chi connectivity index (χ1v) is 9.76. The van der Waals surface area contributed by atoms with Crippen molar-refractivity contribution >= 4 is 22.7 Å². The van der Waals surface area contributed by atoms with Gasteiger partial charge in [0.15, 0.2) is 0 Å². The molecule has 4 heteroatoms. The minimum absolute atomic E-state index is 0.124. The van der Waals surface area contributed by atoms with E-state index in [-0.39, 0.29) is 5.41 Å². The molecule has 0 saturated heterocycles. The highest BCUT2D eigenvalue weighted by atomic mass is 35.5. The molecule has 26 heavy (non-hydrogen) atoms. The summed E-state index contributed by atoms with van der Waals surface area (Å²) in [5.74, 6) is 0.324. The molecule has 0 fully saturated rings. The second-order valence-corrected chi connectivity index (χ2v) is 8.10. The highest BCUT2D eigenvalue weighted by molar-refractivity contribution is 6.33. The topological polar surface area (TPSA) is 29.5 Å². The van der Waals surface area contributed by atoms with Gasteiger partial charge < -0.3 is 9.84 Å². The normalized spacial score (nSPS) is 16.9. The van der Waals surface area contributed by atoms with Crippen LogP contribution >= 0.6 is 11.6 Å². The van der Waals surface area contributed by atoms with Crippen LogP contribution in [0.2, 0.25) is 5.02 Å². The lowest BCUT2D eigenvalue weighted by Gasteiger charge is -2.35. The van der Waals surface area contributed by atoms with Crippen LogP contribution in [0.5, 0.6) is 5.75 Å². The van der Waals surface area contributed by atoms with Gasteiger partial charge in [0.1, 0.15) is 11.6 Å². The van der Waals surface area contributed by atoms with Crippen LogP contribution in [0.25, 0.3) is 11.1 Å². The summed E-state index contributed by atoms with van der Waals surface area (Å²) >= 11 is 6.85. The lowest BCUT2D eigenvalue weighted by Crippen LogP contribution is -2.24. The number of ether oxygens (including phenoxy) is 1. The van der Waals surface area contributed by atoms with Crippen LogP contribution in [0.1, 0.15) is 71.1 Å². The van der Waals surface area contributed by atoms with E-state index in [9.17, 15) is 9.50 Å². The molecule has 1 aliphatic rings. The van der Waals surface area contributed by atoms with E-state index in [0.717, 1.165) is 17.5 Å². The van der Waals surface area contributed by atoms with E-state index in [1.807, 2.05) is 19.9 Å². The highest BCUT2D eigenvalue weighted by Crippen LogP contribution is 2.50. The summed E-state index contributed by atoms with van der Waals surface area (Å²) in [6.07, 6.45) is 3.62. The van der Waals surface area contributed by atoms with Gasteiger partial charge in [0.2, 0.25) is 0 Å². The third-order valence-corrected chi connectivity index (χ3v) is 5.46. The van der Waals surface area contributed by atoms with E-state index < -0.39 is 12.4 Å². The van der Waals surface area contributed by atoms with Crippen molar-refractivity contribution in [1.29, 1.82) is 0 Å². The molecule has 1 aliphatic carbocycles. The second kappa shape index (κ2) is 8.14. The van der Waals surface area contributed by atoms with Crippen LogP contribution in [0.15, 0.2) is 18.0 Å². The summed E-state index contributed by atoms with van der Waals surface area (Å²) in [6.45, 7) is 12.2. The number of halogens is 2. The van der Waals surface area contributed by atoms with Crippen LogP contribution < -0.4 is 4.74 Å². The van der Waals surface area contributed by atoms with E-state index in [1.54, 1.807) is 0 Å². The Kier molecular flexibility index (Phi) is 6.57. The third kappa shape index (κ3) is 3.70. The van der Waals surface area contributed by atoms with E-state index in [0.29, 0.717) is 40.9 Å². The van der Waals surface area contributed by atoms with Gasteiger partial charge in [-0.15, -0.1) is 0 Å². The molecule has 144 valence electrons. The van der Waals surface area contributed by atoms with Crippen molar-refractivity contribution in [1.82, 2.24) is 0 Å². The molecule has 1 aromatic carbocycles. The Hall–Kier alpha value is -1.32. The van der Waals surface area contributed by atoms with E-state index in [2.05, 4.69) is 33.8 Å². The van der Waals surface area contributed by atoms with Crippen molar-refractivity contribution in [3.8, 4) is 5.75 Å². The number of aliphatic hydroxyl groups is 1. The van der Waals surface area contributed by atoms with Crippen LogP contribution in [0, 0.1) is 5.92 Å². The molecule has 1 aromatic rings. The Bertz CT molecular complexity index is 745. The first-order chi connectivity index (χ1) is 12.2. The maximum Gasteiger partial charge on any atom is 0.145 e. The van der Waals surface area contributed by atoms with Crippen LogP contribution in [0.4, 0.5) is 4.39 Å². The largest absolute Gasteiger partial charge is 0.492 e. The van der Waals surface area contributed by atoms with Gasteiger partial charge in [-0.2, -0.15) is 0 Å². The zero-order valence-corrected chi connectivity index (χ0v) is 17.4. The predicted molar refractivity (Wildman–Crippen MR) is 108 cm³/mol. The number of aliphatic hydroxyl groups excluding tert-OH is 1. The molecule has 0 unspecified atom stereocenters. The first kappa shape index (κ1) is 21.0. The molecule has 0 saturated carbocycles. The predicted octanol–water partition coefficient (Wildman–Crippen LogP) is 6.54. The Balaban J connectivity index is 2.90. The molecule has 0 spiro atoms. The lowest BCUT2D eigenvalue weighted by molar-refractivity contribution is 0.298. The maximum absolute atomic E-state index is 14.4. The fourth-order valence-corrected chi connectivity index (χ4v) is 4.29. The summed E-state index contributed by atoms with van der Waals surface area (Å²) in [5, 5.41) is 9.89. The van der Waals surface area contributed by atoms with Crippen molar-refractivity contribution in [2.75, 3.05) is 13.2 Å². The molecule has 0 heterocycles. The Morgan fingerprint density at radius 3 is 2.50 bits per heavy atom. The SMILES string of the molecule is CCOc1c(/C(CC)=C(/F)CO)cc2c(c1Cl)C(C)(C)CC=C2C(C)C. The molecule has 0 radical (unpaired) electrons. The molecule has 0 aromatic heterocycles. The zero-order valence-electron chi connectivity index (χ0n) is 16.7. The fraction of sp³-hybridized carbons (Fsp3) is 0.545. The molecule has 2 nitrogen and oxygen atoms in total. The number of allylic oxidation sites excluding steroid dienone is 3. The summed E-state index contributed by atoms with van der Waals surface area (Å²) in [5.41, 5.74) is 4.33. The molecule has 1 N–H and O–H groups in total. The third-order valence-electron chi connectivity index (χ3n) is 5.10. The zero-order chi connectivity index (χ0) is 19.6. The lowest BCUT2D eigenvalue weighted by atomic mass is 9.70. The second-order valence-electron chi connectivity index (χ2n) is 7.72. The van der Waals surface area contributed by atoms with E-state index >= 15 is 0 Å². The van der Waals surface area contributed by atoms with Gasteiger partial charge in [-0.1, -0.05) is 52.3 Å². The average Bonchev–Trinajstić information content (AvgIpc) is 2.57. The van der Waals surface area contributed by atoms with Gasteiger partial charge in [-0.25, -0.2) is 4.39 Å². The number of hydrogen-bond acceptors (Lipinski definition) is 2. The Morgan fingerprint density at radius 1 is 1.35 bits per heavy atom. The molecular formula is C22H30ClFO2. The molecule has 0 amide bonds. The molecular weight excluding hydrogens is 351 g/mol. The summed E-state index contributed by atoms with van der Waals surface area (Å²) in [7, 11) is 0. The van der Waals surface area contributed by atoms with E-state index in [4.69, 9.17) is 16.3 Å². The maximum atomic E-state index is 14.4. The minimum atomic E-state index is -0.623. The minimum Gasteiger partial charge on any atom is -0.492 e. The Morgan fingerprint density at radius 2 is 2.00 bits per heavy atom. The fourth-order valence-electron chi connectivity index (χ4n) is 3.78. The smallest absolute Gasteiger partial charge is 0.145 e. The van der Waals surface area contributed by atoms with Gasteiger partial charge in [0.25, 0.3) is 0 Å². The molecule has 0 bridgehead atoms. The number of rotatable bonds is 6. The number of benzene rings is 1. The van der Waals surface area contributed by atoms with Crippen molar-refractivity contribution in [3.05, 3.63) is 39.7 Å². The van der Waals surface area contributed by atoms with Gasteiger partial charge >= 0.3 is 0 Å². The van der Waals surface area contributed by atoms with E-state index in [1.165, 1.54) is 5.57 Å². The van der Waals surface area contributed by atoms with Crippen molar-refractivity contribution in [2.45, 2.75) is 59.8 Å². The number of fused-ring (bicyclic) bond motifs is 1. The summed E-state index contributed by atoms with van der Waals surface area (Å²) < 4.78 is 20.3. The average molecular weight is 381 g/mol. The first-order valence-electron chi connectivity index (χ1n) is 9.38. The van der Waals surface area contributed by atoms with Crippen LogP contribution in [-0.4, -0.2) is 18.3 Å². The Labute approximate surface area is 161 Å². The monoisotopic (exact) mass is 380 g/mol. The van der Waals surface area contributed by atoms with Gasteiger partial charge in [-0.3, -0.25) is 0 Å². The summed E-state index contributed by atoms with van der Waals surface area (Å²) in [6, 6.07) is 2.01. The number of hydrogen-bond donors (Lipinski definition) is 1.